The van der Waals surface area contributed by atoms with Crippen LogP contribution in [0.4, 0.5) is 0 Å². The minimum atomic E-state index is -2.84. The molecular formula is C12H24N2O4S. The second-order valence-electron chi connectivity index (χ2n) is 5.09. The number of nitrogens with zero attached hydrogens (tertiary/aromatic N) is 1. The number of hydrogen-bond acceptors (Lipinski definition) is 5. The summed E-state index contributed by atoms with van der Waals surface area (Å²) in [5, 5.41) is 12.2. The van der Waals surface area contributed by atoms with Crippen molar-refractivity contribution < 1.29 is 18.3 Å². The van der Waals surface area contributed by atoms with Crippen molar-refractivity contribution in [1.82, 2.24) is 10.2 Å². The summed E-state index contributed by atoms with van der Waals surface area (Å²) in [6.45, 7) is 3.74. The van der Waals surface area contributed by atoms with E-state index in [9.17, 15) is 18.3 Å². The van der Waals surface area contributed by atoms with Gasteiger partial charge in [-0.25, -0.2) is 8.42 Å². The SMILES string of the molecule is CCC(CCCN1CCS(=O)(=O)CC1)(NC)C(=O)O. The molecule has 1 atom stereocenters. The lowest BCUT2D eigenvalue weighted by molar-refractivity contribution is -0.145. The standard InChI is InChI=1S/C12H24N2O4S/c1-3-12(13-2,11(15)16)5-4-6-14-7-9-19(17,18)10-8-14/h13H,3-10H2,1-2H3,(H,15,16). The first-order valence-corrected chi connectivity index (χ1v) is 8.52. The van der Waals surface area contributed by atoms with Crippen LogP contribution in [0.1, 0.15) is 26.2 Å². The summed E-state index contributed by atoms with van der Waals surface area (Å²) in [4.78, 5) is 13.4. The van der Waals surface area contributed by atoms with Crippen LogP contribution < -0.4 is 5.32 Å². The van der Waals surface area contributed by atoms with E-state index in [0.29, 0.717) is 25.9 Å². The van der Waals surface area contributed by atoms with Gasteiger partial charge in [0.05, 0.1) is 11.5 Å². The zero-order valence-corrected chi connectivity index (χ0v) is 12.5. The fourth-order valence-electron chi connectivity index (χ4n) is 2.42. The largest absolute Gasteiger partial charge is 0.480 e. The summed E-state index contributed by atoms with van der Waals surface area (Å²) < 4.78 is 22.6. The minimum absolute atomic E-state index is 0.219. The lowest BCUT2D eigenvalue weighted by atomic mass is 9.90. The highest BCUT2D eigenvalue weighted by molar-refractivity contribution is 7.91. The average molecular weight is 292 g/mol. The van der Waals surface area contributed by atoms with Gasteiger partial charge in [0.1, 0.15) is 5.54 Å². The van der Waals surface area contributed by atoms with Crippen molar-refractivity contribution in [2.75, 3.05) is 38.2 Å². The predicted molar refractivity (Wildman–Crippen MR) is 74.0 cm³/mol. The van der Waals surface area contributed by atoms with Crippen LogP contribution in [0.25, 0.3) is 0 Å². The first-order chi connectivity index (χ1) is 8.85. The molecule has 0 aromatic heterocycles. The molecule has 1 fully saturated rings. The summed E-state index contributed by atoms with van der Waals surface area (Å²) in [6, 6.07) is 0. The van der Waals surface area contributed by atoms with Gasteiger partial charge < -0.3 is 15.3 Å². The van der Waals surface area contributed by atoms with E-state index >= 15 is 0 Å². The summed E-state index contributed by atoms with van der Waals surface area (Å²) in [7, 11) is -1.17. The van der Waals surface area contributed by atoms with E-state index in [2.05, 4.69) is 10.2 Å². The van der Waals surface area contributed by atoms with Crippen LogP contribution in [0.5, 0.6) is 0 Å². The molecule has 1 aliphatic rings. The molecule has 6 nitrogen and oxygen atoms in total. The normalized spacial score (nSPS) is 22.8. The summed E-state index contributed by atoms with van der Waals surface area (Å²) in [5.74, 6) is -0.382. The Balaban J connectivity index is 2.39. The Labute approximate surface area is 115 Å². The molecule has 0 aromatic rings. The Morgan fingerprint density at radius 3 is 2.37 bits per heavy atom. The quantitative estimate of drug-likeness (QED) is 0.684. The van der Waals surface area contributed by atoms with Gasteiger partial charge in [-0.3, -0.25) is 4.79 Å². The number of nitrogens with one attached hydrogen (secondary N) is 1. The van der Waals surface area contributed by atoms with Crippen molar-refractivity contribution in [3.8, 4) is 0 Å². The molecule has 0 saturated carbocycles. The highest BCUT2D eigenvalue weighted by atomic mass is 32.2. The van der Waals surface area contributed by atoms with Crippen LogP contribution in [-0.4, -0.2) is 68.1 Å². The number of likely N-dealkylation sites (N-methyl/N-ethyl adjacent to an activating group) is 1. The number of carboxylic acids is 1. The van der Waals surface area contributed by atoms with Crippen LogP contribution in [-0.2, 0) is 14.6 Å². The maximum atomic E-state index is 11.3. The molecule has 1 aliphatic heterocycles. The summed E-state index contributed by atoms with van der Waals surface area (Å²) in [5.41, 5.74) is -0.859. The lowest BCUT2D eigenvalue weighted by Gasteiger charge is -2.30. The first-order valence-electron chi connectivity index (χ1n) is 6.70. The zero-order valence-electron chi connectivity index (χ0n) is 11.7. The number of hydrogen-bond donors (Lipinski definition) is 2. The molecule has 0 aromatic carbocycles. The van der Waals surface area contributed by atoms with Crippen molar-refractivity contribution in [3.63, 3.8) is 0 Å². The van der Waals surface area contributed by atoms with E-state index in [1.807, 2.05) is 6.92 Å². The first kappa shape index (κ1) is 16.4. The molecule has 0 amide bonds. The highest BCUT2D eigenvalue weighted by Crippen LogP contribution is 2.18. The van der Waals surface area contributed by atoms with Gasteiger partial charge in [0.15, 0.2) is 9.84 Å². The molecule has 1 unspecified atom stereocenters. The van der Waals surface area contributed by atoms with E-state index in [0.717, 1.165) is 13.0 Å². The fourth-order valence-corrected chi connectivity index (χ4v) is 3.70. The number of carboxylic acid groups (broad SMARTS) is 1. The Bertz CT molecular complexity index is 390. The van der Waals surface area contributed by atoms with E-state index in [-0.39, 0.29) is 11.5 Å². The number of aliphatic carboxylic acids is 1. The van der Waals surface area contributed by atoms with E-state index in [4.69, 9.17) is 0 Å². The average Bonchev–Trinajstić information content (AvgIpc) is 2.36. The van der Waals surface area contributed by atoms with E-state index in [1.54, 1.807) is 7.05 Å². The highest BCUT2D eigenvalue weighted by Gasteiger charge is 2.34. The van der Waals surface area contributed by atoms with Gasteiger partial charge in [0.2, 0.25) is 0 Å². The van der Waals surface area contributed by atoms with Crippen molar-refractivity contribution in [3.05, 3.63) is 0 Å². The van der Waals surface area contributed by atoms with Crippen molar-refractivity contribution in [2.45, 2.75) is 31.7 Å². The van der Waals surface area contributed by atoms with Crippen LogP contribution in [0.3, 0.4) is 0 Å². The molecule has 1 saturated heterocycles. The van der Waals surface area contributed by atoms with Gasteiger partial charge in [0, 0.05) is 13.1 Å². The number of sulfone groups is 1. The molecule has 19 heavy (non-hydrogen) atoms. The fraction of sp³-hybridized carbons (Fsp3) is 0.917. The van der Waals surface area contributed by atoms with Gasteiger partial charge in [-0.15, -0.1) is 0 Å². The molecular weight excluding hydrogens is 268 g/mol. The van der Waals surface area contributed by atoms with Gasteiger partial charge in [0.25, 0.3) is 0 Å². The van der Waals surface area contributed by atoms with Gasteiger partial charge >= 0.3 is 5.97 Å². The Morgan fingerprint density at radius 2 is 1.95 bits per heavy atom. The second kappa shape index (κ2) is 6.67. The van der Waals surface area contributed by atoms with E-state index < -0.39 is 21.3 Å². The third kappa shape index (κ3) is 4.43. The lowest BCUT2D eigenvalue weighted by Crippen LogP contribution is -2.50. The number of rotatable bonds is 7. The molecule has 1 heterocycles. The second-order valence-corrected chi connectivity index (χ2v) is 7.39. The van der Waals surface area contributed by atoms with Crippen molar-refractivity contribution >= 4 is 15.8 Å². The molecule has 112 valence electrons. The van der Waals surface area contributed by atoms with Gasteiger partial charge in [-0.1, -0.05) is 6.92 Å². The minimum Gasteiger partial charge on any atom is -0.480 e. The maximum absolute atomic E-state index is 11.3. The van der Waals surface area contributed by atoms with Gasteiger partial charge in [-0.2, -0.15) is 0 Å². The summed E-state index contributed by atoms with van der Waals surface area (Å²) >= 11 is 0. The van der Waals surface area contributed by atoms with Crippen molar-refractivity contribution in [1.29, 1.82) is 0 Å². The molecule has 0 radical (unpaired) electrons. The Hall–Kier alpha value is -0.660. The van der Waals surface area contributed by atoms with Crippen LogP contribution in [0.2, 0.25) is 0 Å². The summed E-state index contributed by atoms with van der Waals surface area (Å²) in [6.07, 6.45) is 1.84. The third-order valence-electron chi connectivity index (χ3n) is 4.01. The molecule has 0 spiro atoms. The van der Waals surface area contributed by atoms with E-state index in [1.165, 1.54) is 0 Å². The molecule has 0 aliphatic carbocycles. The van der Waals surface area contributed by atoms with Crippen LogP contribution >= 0.6 is 0 Å². The van der Waals surface area contributed by atoms with Crippen LogP contribution in [0.15, 0.2) is 0 Å². The molecule has 7 heteroatoms. The molecule has 0 bridgehead atoms. The van der Waals surface area contributed by atoms with Crippen LogP contribution in [0, 0.1) is 0 Å². The molecule has 1 rings (SSSR count). The zero-order chi connectivity index (χ0) is 14.5. The molecule has 2 N–H and O–H groups in total. The predicted octanol–water partition coefficient (Wildman–Crippen LogP) is -0.0502. The third-order valence-corrected chi connectivity index (χ3v) is 5.62. The maximum Gasteiger partial charge on any atom is 0.323 e. The number of carbonyl (C=O) groups is 1. The van der Waals surface area contributed by atoms with Gasteiger partial charge in [-0.05, 0) is 32.9 Å². The smallest absolute Gasteiger partial charge is 0.323 e. The Kier molecular flexibility index (Phi) is 5.76. The van der Waals surface area contributed by atoms with Crippen molar-refractivity contribution in [2.24, 2.45) is 0 Å². The Morgan fingerprint density at radius 1 is 1.37 bits per heavy atom. The monoisotopic (exact) mass is 292 g/mol. The topological polar surface area (TPSA) is 86.7 Å².